The van der Waals surface area contributed by atoms with Gasteiger partial charge in [0.05, 0.1) is 23.6 Å². The van der Waals surface area contributed by atoms with Crippen LogP contribution in [-0.4, -0.2) is 25.4 Å². The Balaban J connectivity index is 1.73. The fourth-order valence-corrected chi connectivity index (χ4v) is 2.79. The van der Waals surface area contributed by atoms with E-state index in [9.17, 15) is 0 Å². The highest BCUT2D eigenvalue weighted by atomic mass is 15.3. The number of aryl methyl sites for hydroxylation is 1. The number of fused-ring (bicyclic) bond motifs is 1. The van der Waals surface area contributed by atoms with Gasteiger partial charge in [0.2, 0.25) is 0 Å². The molecule has 0 aliphatic heterocycles. The molecular weight excluding hydrogens is 274 g/mol. The summed E-state index contributed by atoms with van der Waals surface area (Å²) in [6, 6.07) is 10.9. The smallest absolute Gasteiger partial charge is 0.123 e. The number of nitrogens with zero attached hydrogens (tertiary/aromatic N) is 4. The maximum Gasteiger partial charge on any atom is 0.123 e. The van der Waals surface area contributed by atoms with Crippen LogP contribution in [0.5, 0.6) is 0 Å². The number of para-hydroxylation sites is 2. The van der Waals surface area contributed by atoms with Crippen molar-refractivity contribution in [2.75, 3.05) is 0 Å². The molecular formula is C17H23N5. The van der Waals surface area contributed by atoms with E-state index < -0.39 is 0 Å². The zero-order valence-corrected chi connectivity index (χ0v) is 13.4. The third-order valence-corrected chi connectivity index (χ3v) is 4.30. The average molecular weight is 297 g/mol. The summed E-state index contributed by atoms with van der Waals surface area (Å²) in [6.07, 6.45) is 3.82. The molecule has 2 atom stereocenters. The summed E-state index contributed by atoms with van der Waals surface area (Å²) >= 11 is 0. The lowest BCUT2D eigenvalue weighted by Gasteiger charge is -2.21. The van der Waals surface area contributed by atoms with Crippen molar-refractivity contribution in [2.24, 2.45) is 0 Å². The van der Waals surface area contributed by atoms with Crippen LogP contribution in [0.3, 0.4) is 0 Å². The minimum absolute atomic E-state index is 0.300. The highest BCUT2D eigenvalue weighted by Gasteiger charge is 2.15. The van der Waals surface area contributed by atoms with Gasteiger partial charge in [0.15, 0.2) is 0 Å². The van der Waals surface area contributed by atoms with Crippen molar-refractivity contribution < 1.29 is 0 Å². The van der Waals surface area contributed by atoms with Crippen LogP contribution in [0.15, 0.2) is 42.7 Å². The van der Waals surface area contributed by atoms with Gasteiger partial charge in [0.25, 0.3) is 0 Å². The maximum absolute atomic E-state index is 4.76. The van der Waals surface area contributed by atoms with Crippen molar-refractivity contribution in [2.45, 2.75) is 45.9 Å². The van der Waals surface area contributed by atoms with Crippen molar-refractivity contribution in [1.82, 2.24) is 24.6 Å². The molecule has 0 bridgehead atoms. The van der Waals surface area contributed by atoms with E-state index in [1.165, 1.54) is 5.52 Å². The van der Waals surface area contributed by atoms with Gasteiger partial charge in [-0.2, -0.15) is 5.10 Å². The maximum atomic E-state index is 4.76. The first-order valence-corrected chi connectivity index (χ1v) is 7.87. The van der Waals surface area contributed by atoms with Crippen molar-refractivity contribution >= 4 is 11.0 Å². The molecule has 22 heavy (non-hydrogen) atoms. The molecule has 2 aromatic heterocycles. The molecule has 0 fully saturated rings. The van der Waals surface area contributed by atoms with Crippen LogP contribution in [0.1, 0.15) is 32.6 Å². The van der Waals surface area contributed by atoms with Gasteiger partial charge in [0.1, 0.15) is 5.82 Å². The fraction of sp³-hybridized carbons (Fsp3) is 0.412. The molecule has 0 saturated carbocycles. The molecule has 0 aliphatic carbocycles. The highest BCUT2D eigenvalue weighted by molar-refractivity contribution is 5.75. The predicted octanol–water partition coefficient (Wildman–Crippen LogP) is 2.99. The average Bonchev–Trinajstić information content (AvgIpc) is 3.18. The van der Waals surface area contributed by atoms with E-state index in [1.807, 2.05) is 29.2 Å². The summed E-state index contributed by atoms with van der Waals surface area (Å²) in [6.45, 7) is 8.21. The fourth-order valence-electron chi connectivity index (χ4n) is 2.79. The van der Waals surface area contributed by atoms with Crippen LogP contribution in [0.2, 0.25) is 0 Å². The van der Waals surface area contributed by atoms with Crippen LogP contribution >= 0.6 is 0 Å². The first-order valence-electron chi connectivity index (χ1n) is 7.87. The van der Waals surface area contributed by atoms with E-state index >= 15 is 0 Å². The number of aromatic nitrogens is 4. The van der Waals surface area contributed by atoms with E-state index in [4.69, 9.17) is 4.98 Å². The van der Waals surface area contributed by atoms with Crippen LogP contribution in [-0.2, 0) is 13.1 Å². The topological polar surface area (TPSA) is 47.7 Å². The normalized spacial score (nSPS) is 14.3. The molecule has 0 aliphatic rings. The molecule has 3 rings (SSSR count). The van der Waals surface area contributed by atoms with Gasteiger partial charge in [-0.05, 0) is 39.0 Å². The molecule has 116 valence electrons. The Kier molecular flexibility index (Phi) is 4.24. The lowest BCUT2D eigenvalue weighted by atomic mass is 10.2. The Morgan fingerprint density at radius 2 is 2.00 bits per heavy atom. The molecule has 2 heterocycles. The summed E-state index contributed by atoms with van der Waals surface area (Å²) in [5.74, 6) is 1.09. The first-order chi connectivity index (χ1) is 10.7. The van der Waals surface area contributed by atoms with Crippen LogP contribution in [0.25, 0.3) is 11.0 Å². The van der Waals surface area contributed by atoms with Gasteiger partial charge in [-0.25, -0.2) is 4.98 Å². The first kappa shape index (κ1) is 14.8. The molecule has 5 heteroatoms. The zero-order valence-electron chi connectivity index (χ0n) is 13.4. The molecule has 0 amide bonds. The molecule has 0 saturated heterocycles. The number of hydrogen-bond acceptors (Lipinski definition) is 3. The molecule has 1 aromatic carbocycles. The van der Waals surface area contributed by atoms with Gasteiger partial charge in [-0.3, -0.25) is 4.68 Å². The van der Waals surface area contributed by atoms with E-state index in [-0.39, 0.29) is 0 Å². The predicted molar refractivity (Wildman–Crippen MR) is 88.6 cm³/mol. The van der Waals surface area contributed by atoms with E-state index in [0.29, 0.717) is 12.1 Å². The lowest BCUT2D eigenvalue weighted by molar-refractivity contribution is 0.360. The number of nitrogens with one attached hydrogen (secondary N) is 1. The Hall–Kier alpha value is -2.14. The van der Waals surface area contributed by atoms with Gasteiger partial charge >= 0.3 is 0 Å². The van der Waals surface area contributed by atoms with Gasteiger partial charge in [0, 0.05) is 25.0 Å². The van der Waals surface area contributed by atoms with Crippen LogP contribution in [0, 0.1) is 0 Å². The molecule has 5 nitrogen and oxygen atoms in total. The van der Waals surface area contributed by atoms with E-state index in [2.05, 4.69) is 54.0 Å². The number of hydrogen-bond donors (Lipinski definition) is 1. The monoisotopic (exact) mass is 297 g/mol. The van der Waals surface area contributed by atoms with Gasteiger partial charge < -0.3 is 9.88 Å². The number of rotatable bonds is 6. The second-order valence-corrected chi connectivity index (χ2v) is 5.66. The Bertz CT molecular complexity index is 729. The molecule has 0 unspecified atom stereocenters. The number of benzene rings is 1. The lowest BCUT2D eigenvalue weighted by Crippen LogP contribution is -2.34. The minimum atomic E-state index is 0.300. The Labute approximate surface area is 131 Å². The second-order valence-electron chi connectivity index (χ2n) is 5.66. The van der Waals surface area contributed by atoms with Gasteiger partial charge in [-0.1, -0.05) is 12.1 Å². The van der Waals surface area contributed by atoms with Crippen molar-refractivity contribution in [3.05, 3.63) is 48.5 Å². The van der Waals surface area contributed by atoms with Crippen LogP contribution < -0.4 is 5.32 Å². The second kappa shape index (κ2) is 6.32. The summed E-state index contributed by atoms with van der Waals surface area (Å²) in [4.78, 5) is 4.76. The van der Waals surface area contributed by atoms with Crippen LogP contribution in [0.4, 0.5) is 0 Å². The molecule has 1 N–H and O–H groups in total. The summed E-state index contributed by atoms with van der Waals surface area (Å²) < 4.78 is 4.26. The minimum Gasteiger partial charge on any atom is -0.327 e. The summed E-state index contributed by atoms with van der Waals surface area (Å²) in [7, 11) is 0. The molecule has 0 spiro atoms. The molecule has 0 radical (unpaired) electrons. The Morgan fingerprint density at radius 3 is 2.73 bits per heavy atom. The van der Waals surface area contributed by atoms with Crippen molar-refractivity contribution in [3.63, 3.8) is 0 Å². The summed E-state index contributed by atoms with van der Waals surface area (Å²) in [5, 5.41) is 7.90. The Morgan fingerprint density at radius 1 is 1.18 bits per heavy atom. The largest absolute Gasteiger partial charge is 0.327 e. The van der Waals surface area contributed by atoms with Gasteiger partial charge in [-0.15, -0.1) is 0 Å². The van der Waals surface area contributed by atoms with Crippen molar-refractivity contribution in [1.29, 1.82) is 0 Å². The standard InChI is InChI=1S/C17H23N5/c1-4-21-16-9-6-5-8-15(16)20-17(21)12-18-13(2)14(3)22-11-7-10-19-22/h5-11,13-14,18H,4,12H2,1-3H3/t13-,14-/m1/s1. The SMILES string of the molecule is CCn1c(CN[C@H](C)[C@@H](C)n2cccn2)nc2ccccc21. The van der Waals surface area contributed by atoms with Crippen molar-refractivity contribution in [3.8, 4) is 0 Å². The highest BCUT2D eigenvalue weighted by Crippen LogP contribution is 2.16. The zero-order chi connectivity index (χ0) is 15.5. The third kappa shape index (κ3) is 2.76. The quantitative estimate of drug-likeness (QED) is 0.761. The van der Waals surface area contributed by atoms with E-state index in [0.717, 1.165) is 24.4 Å². The third-order valence-electron chi connectivity index (χ3n) is 4.30. The number of imidazole rings is 1. The molecule has 3 aromatic rings. The summed E-state index contributed by atoms with van der Waals surface area (Å²) in [5.41, 5.74) is 2.27. The van der Waals surface area contributed by atoms with E-state index in [1.54, 1.807) is 0 Å².